The maximum Gasteiger partial charge on any atom is 0.237 e. The summed E-state index contributed by atoms with van der Waals surface area (Å²) in [4.78, 5) is 12.2. The summed E-state index contributed by atoms with van der Waals surface area (Å²) < 4.78 is 6.89. The number of ether oxygens (including phenoxy) is 1. The summed E-state index contributed by atoms with van der Waals surface area (Å²) in [6, 6.07) is 7.05. The molecule has 1 aromatic heterocycles. The Morgan fingerprint density at radius 2 is 2.36 bits per heavy atom. The number of hydrogen-bond acceptors (Lipinski definition) is 5. The fourth-order valence-corrected chi connectivity index (χ4v) is 2.74. The van der Waals surface area contributed by atoms with Crippen LogP contribution in [0, 0.1) is 0 Å². The van der Waals surface area contributed by atoms with Crippen molar-refractivity contribution < 1.29 is 9.53 Å². The molecule has 2 rings (SSSR count). The number of methoxy groups -OCH3 is 1. The Bertz CT molecular complexity index is 635. The van der Waals surface area contributed by atoms with Gasteiger partial charge in [0.05, 0.1) is 11.9 Å². The summed E-state index contributed by atoms with van der Waals surface area (Å²) in [6.07, 6.45) is 1.63. The third-order valence-electron chi connectivity index (χ3n) is 2.86. The normalized spacial score (nSPS) is 12.1. The van der Waals surface area contributed by atoms with E-state index in [0.717, 1.165) is 0 Å². The van der Waals surface area contributed by atoms with Crippen LogP contribution in [0.4, 0.5) is 5.69 Å². The van der Waals surface area contributed by atoms with Crippen LogP contribution in [0.2, 0.25) is 5.02 Å². The Morgan fingerprint density at radius 3 is 3.09 bits per heavy atom. The van der Waals surface area contributed by atoms with Crippen LogP contribution in [0.5, 0.6) is 0 Å². The minimum atomic E-state index is -0.315. The lowest BCUT2D eigenvalue weighted by atomic mass is 10.3. The lowest BCUT2D eigenvalue weighted by Gasteiger charge is -2.12. The highest BCUT2D eigenvalue weighted by Crippen LogP contribution is 2.23. The molecule has 6 nitrogen and oxygen atoms in total. The van der Waals surface area contributed by atoms with Gasteiger partial charge in [-0.2, -0.15) is 0 Å². The SMILES string of the molecule is COCCn1cnnc1SC(C)C(=O)Nc1cccc(Cl)c1. The fourth-order valence-electron chi connectivity index (χ4n) is 1.70. The van der Waals surface area contributed by atoms with E-state index < -0.39 is 0 Å². The summed E-state index contributed by atoms with van der Waals surface area (Å²) in [5.74, 6) is -0.117. The molecule has 1 atom stereocenters. The van der Waals surface area contributed by atoms with Crippen LogP contribution in [0.1, 0.15) is 6.92 Å². The van der Waals surface area contributed by atoms with Gasteiger partial charge in [-0.3, -0.25) is 4.79 Å². The van der Waals surface area contributed by atoms with Crippen molar-refractivity contribution in [2.45, 2.75) is 23.9 Å². The zero-order valence-electron chi connectivity index (χ0n) is 12.3. The van der Waals surface area contributed by atoms with Crippen LogP contribution in [-0.4, -0.2) is 39.6 Å². The molecule has 22 heavy (non-hydrogen) atoms. The molecule has 1 amide bonds. The molecule has 118 valence electrons. The Labute approximate surface area is 138 Å². The first-order valence-electron chi connectivity index (χ1n) is 6.70. The topological polar surface area (TPSA) is 69.0 Å². The molecule has 0 radical (unpaired) electrons. The van der Waals surface area contributed by atoms with E-state index in [-0.39, 0.29) is 11.2 Å². The van der Waals surface area contributed by atoms with Crippen LogP contribution >= 0.6 is 23.4 Å². The molecule has 8 heteroatoms. The smallest absolute Gasteiger partial charge is 0.237 e. The first kappa shape index (κ1) is 16.8. The lowest BCUT2D eigenvalue weighted by Crippen LogP contribution is -2.23. The second-order valence-electron chi connectivity index (χ2n) is 4.56. The summed E-state index contributed by atoms with van der Waals surface area (Å²) in [5.41, 5.74) is 0.672. The van der Waals surface area contributed by atoms with E-state index >= 15 is 0 Å². The first-order valence-corrected chi connectivity index (χ1v) is 7.95. The minimum absolute atomic E-state index is 0.117. The number of nitrogens with one attached hydrogen (secondary N) is 1. The minimum Gasteiger partial charge on any atom is -0.383 e. The third-order valence-corrected chi connectivity index (χ3v) is 4.19. The van der Waals surface area contributed by atoms with E-state index in [4.69, 9.17) is 16.3 Å². The number of thioether (sulfide) groups is 1. The fraction of sp³-hybridized carbons (Fsp3) is 0.357. The maximum absolute atomic E-state index is 12.2. The molecule has 0 spiro atoms. The van der Waals surface area contributed by atoms with Crippen molar-refractivity contribution in [2.75, 3.05) is 19.0 Å². The van der Waals surface area contributed by atoms with Crippen molar-refractivity contribution in [3.05, 3.63) is 35.6 Å². The Balaban J connectivity index is 1.95. The van der Waals surface area contributed by atoms with Crippen LogP contribution in [-0.2, 0) is 16.1 Å². The highest BCUT2D eigenvalue weighted by molar-refractivity contribution is 8.00. The van der Waals surface area contributed by atoms with Crippen LogP contribution < -0.4 is 5.32 Å². The van der Waals surface area contributed by atoms with E-state index in [0.29, 0.717) is 29.0 Å². The molecule has 0 fully saturated rings. The van der Waals surface area contributed by atoms with Gasteiger partial charge in [-0.15, -0.1) is 10.2 Å². The van der Waals surface area contributed by atoms with Crippen molar-refractivity contribution in [2.24, 2.45) is 0 Å². The van der Waals surface area contributed by atoms with E-state index in [1.54, 1.807) is 37.7 Å². The predicted molar refractivity (Wildman–Crippen MR) is 87.3 cm³/mol. The summed E-state index contributed by atoms with van der Waals surface area (Å²) in [7, 11) is 1.64. The molecule has 0 aliphatic rings. The number of nitrogens with zero attached hydrogens (tertiary/aromatic N) is 3. The van der Waals surface area contributed by atoms with Crippen molar-refractivity contribution in [3.8, 4) is 0 Å². The number of hydrogen-bond donors (Lipinski definition) is 1. The van der Waals surface area contributed by atoms with Gasteiger partial charge in [0.25, 0.3) is 0 Å². The number of halogens is 1. The van der Waals surface area contributed by atoms with Gasteiger partial charge >= 0.3 is 0 Å². The van der Waals surface area contributed by atoms with Crippen molar-refractivity contribution >= 4 is 35.0 Å². The van der Waals surface area contributed by atoms with Crippen molar-refractivity contribution in [1.82, 2.24) is 14.8 Å². The number of carbonyl (C=O) groups is 1. The maximum atomic E-state index is 12.2. The molecule has 1 unspecified atom stereocenters. The number of rotatable bonds is 7. The number of carbonyl (C=O) groups excluding carboxylic acids is 1. The van der Waals surface area contributed by atoms with Crippen molar-refractivity contribution in [1.29, 1.82) is 0 Å². The number of amides is 1. The molecular weight excluding hydrogens is 324 g/mol. The zero-order chi connectivity index (χ0) is 15.9. The standard InChI is InChI=1S/C14H17ClN4O2S/c1-10(13(20)17-12-5-3-4-11(15)8-12)22-14-18-16-9-19(14)6-7-21-2/h3-5,8-10H,6-7H2,1-2H3,(H,17,20). The predicted octanol–water partition coefficient (Wildman–Crippen LogP) is 2.70. The van der Waals surface area contributed by atoms with E-state index in [2.05, 4.69) is 15.5 Å². The molecule has 0 aliphatic carbocycles. The molecule has 2 aromatic rings. The van der Waals surface area contributed by atoms with Gasteiger partial charge in [-0.05, 0) is 25.1 Å². The zero-order valence-corrected chi connectivity index (χ0v) is 13.9. The van der Waals surface area contributed by atoms with E-state index in [1.165, 1.54) is 11.8 Å². The van der Waals surface area contributed by atoms with Gasteiger partial charge in [0.15, 0.2) is 5.16 Å². The highest BCUT2D eigenvalue weighted by Gasteiger charge is 2.18. The molecule has 0 bridgehead atoms. The van der Waals surface area contributed by atoms with Gasteiger partial charge < -0.3 is 14.6 Å². The number of anilines is 1. The summed E-state index contributed by atoms with van der Waals surface area (Å²) in [5, 5.41) is 11.7. The van der Waals surface area contributed by atoms with Crippen LogP contribution in [0.25, 0.3) is 0 Å². The largest absolute Gasteiger partial charge is 0.383 e. The number of aromatic nitrogens is 3. The molecule has 1 aromatic carbocycles. The van der Waals surface area contributed by atoms with Crippen molar-refractivity contribution in [3.63, 3.8) is 0 Å². The summed E-state index contributed by atoms with van der Waals surface area (Å²) in [6.45, 7) is 3.03. The van der Waals surface area contributed by atoms with E-state index in [9.17, 15) is 4.79 Å². The second-order valence-corrected chi connectivity index (χ2v) is 6.30. The highest BCUT2D eigenvalue weighted by atomic mass is 35.5. The molecule has 0 saturated heterocycles. The average molecular weight is 341 g/mol. The average Bonchev–Trinajstić information content (AvgIpc) is 2.92. The molecule has 0 saturated carbocycles. The Morgan fingerprint density at radius 1 is 1.55 bits per heavy atom. The van der Waals surface area contributed by atoms with E-state index in [1.807, 2.05) is 11.5 Å². The quantitative estimate of drug-likeness (QED) is 0.785. The van der Waals surface area contributed by atoms with Gasteiger partial charge in [-0.25, -0.2) is 0 Å². The third kappa shape index (κ3) is 4.72. The molecule has 1 heterocycles. The molecule has 0 aliphatic heterocycles. The Kier molecular flexibility index (Phi) is 6.23. The second kappa shape index (κ2) is 8.17. The first-order chi connectivity index (χ1) is 10.6. The number of benzene rings is 1. The molecule has 1 N–H and O–H groups in total. The van der Waals surface area contributed by atoms with Crippen LogP contribution in [0.3, 0.4) is 0 Å². The van der Waals surface area contributed by atoms with Gasteiger partial charge in [0.2, 0.25) is 5.91 Å². The summed E-state index contributed by atoms with van der Waals surface area (Å²) >= 11 is 7.25. The monoisotopic (exact) mass is 340 g/mol. The lowest BCUT2D eigenvalue weighted by molar-refractivity contribution is -0.115. The van der Waals surface area contributed by atoms with Gasteiger partial charge in [0.1, 0.15) is 6.33 Å². The van der Waals surface area contributed by atoms with Gasteiger partial charge in [0, 0.05) is 24.4 Å². The Hall–Kier alpha value is -1.57. The molecular formula is C14H17ClN4O2S. The van der Waals surface area contributed by atoms with Crippen LogP contribution in [0.15, 0.2) is 35.7 Å². The van der Waals surface area contributed by atoms with Gasteiger partial charge in [-0.1, -0.05) is 29.4 Å².